The Morgan fingerprint density at radius 2 is 1.65 bits per heavy atom. The Morgan fingerprint density at radius 3 is 2.24 bits per heavy atom. The Bertz CT molecular complexity index is 206. The summed E-state index contributed by atoms with van der Waals surface area (Å²) in [7, 11) is 2.24. The van der Waals surface area contributed by atoms with E-state index in [1.807, 2.05) is 0 Å². The van der Waals surface area contributed by atoms with Crippen LogP contribution in [0.25, 0.3) is 0 Å². The quantitative estimate of drug-likeness (QED) is 0.747. The van der Waals surface area contributed by atoms with Crippen LogP contribution in [0.5, 0.6) is 0 Å². The second kappa shape index (κ2) is 6.72. The fraction of sp³-hybridized carbons (Fsp3) is 1.00. The van der Waals surface area contributed by atoms with Gasteiger partial charge in [-0.2, -0.15) is 0 Å². The number of nitrogens with zero attached hydrogens (tertiary/aromatic N) is 2. The van der Waals surface area contributed by atoms with Gasteiger partial charge in [-0.15, -0.1) is 0 Å². The highest BCUT2D eigenvalue weighted by molar-refractivity contribution is 4.82. The second-order valence-electron chi connectivity index (χ2n) is 5.64. The SMILES string of the molecule is CCCOC1CCN(C2CCN(C)CC2)CC1. The van der Waals surface area contributed by atoms with Gasteiger partial charge in [0.2, 0.25) is 0 Å². The van der Waals surface area contributed by atoms with Gasteiger partial charge in [0.15, 0.2) is 0 Å². The summed E-state index contributed by atoms with van der Waals surface area (Å²) in [5.74, 6) is 0. The number of hydrogen-bond acceptors (Lipinski definition) is 3. The van der Waals surface area contributed by atoms with E-state index in [1.54, 1.807) is 0 Å². The standard InChI is InChI=1S/C14H28N2O/c1-3-12-17-14-6-10-16(11-7-14)13-4-8-15(2)9-5-13/h13-14H,3-12H2,1-2H3. The van der Waals surface area contributed by atoms with Gasteiger partial charge in [0.05, 0.1) is 6.10 Å². The molecule has 0 spiro atoms. The predicted molar refractivity (Wildman–Crippen MR) is 71.4 cm³/mol. The molecule has 0 aliphatic carbocycles. The molecule has 3 heteroatoms. The van der Waals surface area contributed by atoms with Gasteiger partial charge in [-0.05, 0) is 52.2 Å². The zero-order valence-corrected chi connectivity index (χ0v) is 11.5. The van der Waals surface area contributed by atoms with Crippen LogP contribution in [0.1, 0.15) is 39.0 Å². The first kappa shape index (κ1) is 13.3. The number of piperidine rings is 2. The van der Waals surface area contributed by atoms with Crippen molar-refractivity contribution in [1.82, 2.24) is 9.80 Å². The molecule has 0 atom stereocenters. The molecule has 0 N–H and O–H groups in total. The molecule has 0 aromatic rings. The van der Waals surface area contributed by atoms with Gasteiger partial charge in [-0.3, -0.25) is 0 Å². The van der Waals surface area contributed by atoms with Crippen molar-refractivity contribution in [2.75, 3.05) is 39.8 Å². The van der Waals surface area contributed by atoms with E-state index in [0.29, 0.717) is 6.10 Å². The molecule has 0 bridgehead atoms. The van der Waals surface area contributed by atoms with Crippen LogP contribution in [0.4, 0.5) is 0 Å². The molecule has 2 heterocycles. The second-order valence-corrected chi connectivity index (χ2v) is 5.64. The molecule has 0 unspecified atom stereocenters. The van der Waals surface area contributed by atoms with Crippen LogP contribution in [0, 0.1) is 0 Å². The molecule has 0 aromatic heterocycles. The van der Waals surface area contributed by atoms with E-state index in [9.17, 15) is 0 Å². The van der Waals surface area contributed by atoms with Crippen LogP contribution in [0.3, 0.4) is 0 Å². The Morgan fingerprint density at radius 1 is 1.00 bits per heavy atom. The summed E-state index contributed by atoms with van der Waals surface area (Å²) in [6, 6.07) is 0.846. The Kier molecular flexibility index (Phi) is 5.26. The maximum Gasteiger partial charge on any atom is 0.0599 e. The van der Waals surface area contributed by atoms with Crippen molar-refractivity contribution in [1.29, 1.82) is 0 Å². The average Bonchev–Trinajstić information content (AvgIpc) is 2.38. The van der Waals surface area contributed by atoms with E-state index < -0.39 is 0 Å². The molecule has 100 valence electrons. The van der Waals surface area contributed by atoms with Crippen molar-refractivity contribution >= 4 is 0 Å². The fourth-order valence-electron chi connectivity index (χ4n) is 3.05. The van der Waals surface area contributed by atoms with Crippen molar-refractivity contribution in [3.05, 3.63) is 0 Å². The molecule has 2 aliphatic rings. The molecule has 0 amide bonds. The lowest BCUT2D eigenvalue weighted by molar-refractivity contribution is -0.00838. The molecule has 2 saturated heterocycles. The average molecular weight is 240 g/mol. The highest BCUT2D eigenvalue weighted by atomic mass is 16.5. The Balaban J connectivity index is 1.68. The van der Waals surface area contributed by atoms with Gasteiger partial charge in [0, 0.05) is 25.7 Å². The minimum atomic E-state index is 0.539. The van der Waals surface area contributed by atoms with Crippen LogP contribution in [0.15, 0.2) is 0 Å². The minimum absolute atomic E-state index is 0.539. The predicted octanol–water partition coefficient (Wildman–Crippen LogP) is 1.97. The summed E-state index contributed by atoms with van der Waals surface area (Å²) >= 11 is 0. The van der Waals surface area contributed by atoms with Crippen LogP contribution in [-0.4, -0.2) is 61.8 Å². The van der Waals surface area contributed by atoms with Crippen LogP contribution < -0.4 is 0 Å². The first-order valence-corrected chi connectivity index (χ1v) is 7.33. The van der Waals surface area contributed by atoms with Crippen LogP contribution in [-0.2, 0) is 4.74 Å². The first-order chi connectivity index (χ1) is 8.29. The van der Waals surface area contributed by atoms with Gasteiger partial charge in [0.1, 0.15) is 0 Å². The van der Waals surface area contributed by atoms with Gasteiger partial charge in [-0.1, -0.05) is 6.92 Å². The molecule has 0 radical (unpaired) electrons. The topological polar surface area (TPSA) is 15.7 Å². The van der Waals surface area contributed by atoms with E-state index >= 15 is 0 Å². The van der Waals surface area contributed by atoms with E-state index in [2.05, 4.69) is 23.8 Å². The fourth-order valence-corrected chi connectivity index (χ4v) is 3.05. The van der Waals surface area contributed by atoms with E-state index in [4.69, 9.17) is 4.74 Å². The highest BCUT2D eigenvalue weighted by Crippen LogP contribution is 2.21. The van der Waals surface area contributed by atoms with Crippen molar-refractivity contribution in [2.45, 2.75) is 51.2 Å². The summed E-state index contributed by atoms with van der Waals surface area (Å²) in [5.41, 5.74) is 0. The summed E-state index contributed by atoms with van der Waals surface area (Å²) < 4.78 is 5.85. The molecular formula is C14H28N2O. The van der Waals surface area contributed by atoms with Gasteiger partial charge in [-0.25, -0.2) is 0 Å². The lowest BCUT2D eigenvalue weighted by Gasteiger charge is -2.41. The normalized spacial score (nSPS) is 26.5. The highest BCUT2D eigenvalue weighted by Gasteiger charge is 2.27. The molecular weight excluding hydrogens is 212 g/mol. The maximum atomic E-state index is 5.85. The first-order valence-electron chi connectivity index (χ1n) is 7.33. The van der Waals surface area contributed by atoms with E-state index in [0.717, 1.165) is 19.1 Å². The monoisotopic (exact) mass is 240 g/mol. The lowest BCUT2D eigenvalue weighted by Crippen LogP contribution is -2.48. The summed E-state index contributed by atoms with van der Waals surface area (Å²) in [6.45, 7) is 8.19. The van der Waals surface area contributed by atoms with Crippen molar-refractivity contribution in [2.24, 2.45) is 0 Å². The zero-order valence-electron chi connectivity index (χ0n) is 11.5. The molecule has 3 nitrogen and oxygen atoms in total. The summed E-state index contributed by atoms with van der Waals surface area (Å²) in [6.07, 6.45) is 6.89. The number of likely N-dealkylation sites (tertiary alicyclic amines) is 2. The van der Waals surface area contributed by atoms with E-state index in [1.165, 1.54) is 51.9 Å². The molecule has 2 fully saturated rings. The van der Waals surface area contributed by atoms with Crippen molar-refractivity contribution < 1.29 is 4.74 Å². The maximum absolute atomic E-state index is 5.85. The van der Waals surface area contributed by atoms with Gasteiger partial charge >= 0.3 is 0 Å². The third-order valence-corrected chi connectivity index (χ3v) is 4.24. The largest absolute Gasteiger partial charge is 0.378 e. The minimum Gasteiger partial charge on any atom is -0.378 e. The molecule has 0 saturated carbocycles. The Hall–Kier alpha value is -0.120. The summed E-state index contributed by atoms with van der Waals surface area (Å²) in [4.78, 5) is 5.16. The molecule has 17 heavy (non-hydrogen) atoms. The van der Waals surface area contributed by atoms with Crippen LogP contribution >= 0.6 is 0 Å². The van der Waals surface area contributed by atoms with Crippen molar-refractivity contribution in [3.8, 4) is 0 Å². The molecule has 0 aromatic carbocycles. The lowest BCUT2D eigenvalue weighted by atomic mass is 9.99. The smallest absolute Gasteiger partial charge is 0.0599 e. The summed E-state index contributed by atoms with van der Waals surface area (Å²) in [5, 5.41) is 0. The molecule has 2 rings (SSSR count). The van der Waals surface area contributed by atoms with Gasteiger partial charge in [0.25, 0.3) is 0 Å². The van der Waals surface area contributed by atoms with E-state index in [-0.39, 0.29) is 0 Å². The zero-order chi connectivity index (χ0) is 12.1. The third-order valence-electron chi connectivity index (χ3n) is 4.24. The van der Waals surface area contributed by atoms with Crippen LogP contribution in [0.2, 0.25) is 0 Å². The molecule has 2 aliphatic heterocycles. The van der Waals surface area contributed by atoms with Crippen molar-refractivity contribution in [3.63, 3.8) is 0 Å². The number of hydrogen-bond donors (Lipinski definition) is 0. The third kappa shape index (κ3) is 3.94. The number of ether oxygens (including phenoxy) is 1. The number of rotatable bonds is 4. The Labute approximate surface area is 106 Å². The van der Waals surface area contributed by atoms with Gasteiger partial charge < -0.3 is 14.5 Å².